The molecule has 0 spiro atoms. The predicted molar refractivity (Wildman–Crippen MR) is 59.8 cm³/mol. The molecule has 0 saturated heterocycles. The monoisotopic (exact) mass is 258 g/mol. The normalized spacial score (nSPS) is 13.8. The van der Waals surface area contributed by atoms with Gasteiger partial charge in [-0.2, -0.15) is 0 Å². The van der Waals surface area contributed by atoms with E-state index in [9.17, 15) is 14.7 Å². The van der Waals surface area contributed by atoms with Crippen LogP contribution >= 0.6 is 11.6 Å². The molecule has 0 aromatic carbocycles. The van der Waals surface area contributed by atoms with E-state index in [2.05, 4.69) is 10.3 Å². The van der Waals surface area contributed by atoms with Crippen molar-refractivity contribution in [3.63, 3.8) is 0 Å². The van der Waals surface area contributed by atoms with Crippen LogP contribution in [-0.2, 0) is 4.79 Å². The highest BCUT2D eigenvalue weighted by atomic mass is 35.5. The number of aromatic nitrogens is 1. The number of nitrogens with zero attached hydrogens (tertiary/aromatic N) is 1. The predicted octanol–water partition coefficient (Wildman–Crippen LogP) is 0.299. The standard InChI is InChI=1S/C10H11ClN2O4/c1-5(14)8(10(16)17)13-9(15)6-4-12-3-2-7(6)11/h2-5,8,14H,1H3,(H,13,15)(H,16,17)/t5-,8+/m1/s1. The number of carboxylic acids is 1. The van der Waals surface area contributed by atoms with Crippen LogP contribution in [0.25, 0.3) is 0 Å². The second kappa shape index (κ2) is 5.60. The number of hydrogen-bond acceptors (Lipinski definition) is 4. The first kappa shape index (κ1) is 13.4. The fraction of sp³-hybridized carbons (Fsp3) is 0.300. The molecule has 92 valence electrons. The molecule has 0 saturated carbocycles. The maximum atomic E-state index is 11.7. The SMILES string of the molecule is C[C@@H](O)[C@H](NC(=O)c1cnccc1Cl)C(=O)O. The average Bonchev–Trinajstić information content (AvgIpc) is 2.25. The summed E-state index contributed by atoms with van der Waals surface area (Å²) in [5, 5.41) is 20.3. The topological polar surface area (TPSA) is 99.5 Å². The summed E-state index contributed by atoms with van der Waals surface area (Å²) in [5.41, 5.74) is 0.0565. The lowest BCUT2D eigenvalue weighted by molar-refractivity contribution is -0.141. The van der Waals surface area contributed by atoms with Gasteiger partial charge in [0.25, 0.3) is 5.91 Å². The minimum Gasteiger partial charge on any atom is -0.480 e. The molecule has 0 radical (unpaired) electrons. The third-order valence-electron chi connectivity index (χ3n) is 2.05. The number of aliphatic hydroxyl groups excluding tert-OH is 1. The Kier molecular flexibility index (Phi) is 4.42. The zero-order chi connectivity index (χ0) is 13.0. The van der Waals surface area contributed by atoms with Crippen molar-refractivity contribution >= 4 is 23.5 Å². The first-order valence-corrected chi connectivity index (χ1v) is 5.12. The third kappa shape index (κ3) is 3.40. The van der Waals surface area contributed by atoms with Gasteiger partial charge in [-0.15, -0.1) is 0 Å². The van der Waals surface area contributed by atoms with Gasteiger partial charge in [-0.3, -0.25) is 9.78 Å². The molecule has 1 aromatic heterocycles. The van der Waals surface area contributed by atoms with Gasteiger partial charge in [0.05, 0.1) is 16.7 Å². The quantitative estimate of drug-likeness (QED) is 0.721. The first-order valence-electron chi connectivity index (χ1n) is 4.74. The largest absolute Gasteiger partial charge is 0.480 e. The molecule has 1 amide bonds. The minimum atomic E-state index is -1.39. The van der Waals surface area contributed by atoms with E-state index in [-0.39, 0.29) is 10.6 Å². The Balaban J connectivity index is 2.85. The van der Waals surface area contributed by atoms with Crippen molar-refractivity contribution in [2.45, 2.75) is 19.1 Å². The van der Waals surface area contributed by atoms with Crippen LogP contribution in [-0.4, -0.2) is 39.2 Å². The summed E-state index contributed by atoms with van der Waals surface area (Å²) in [6.07, 6.45) is 1.41. The van der Waals surface area contributed by atoms with Crippen LogP contribution in [0.1, 0.15) is 17.3 Å². The van der Waals surface area contributed by atoms with Crippen LogP contribution in [0.2, 0.25) is 5.02 Å². The van der Waals surface area contributed by atoms with Crippen molar-refractivity contribution in [2.24, 2.45) is 0 Å². The van der Waals surface area contributed by atoms with Crippen molar-refractivity contribution in [2.75, 3.05) is 0 Å². The molecular formula is C10H11ClN2O4. The van der Waals surface area contributed by atoms with Crippen LogP contribution in [0, 0.1) is 0 Å². The van der Waals surface area contributed by atoms with Crippen LogP contribution in [0.3, 0.4) is 0 Å². The van der Waals surface area contributed by atoms with E-state index < -0.39 is 24.0 Å². The number of aliphatic carboxylic acids is 1. The number of hydrogen-bond donors (Lipinski definition) is 3. The Hall–Kier alpha value is -1.66. The Morgan fingerprint density at radius 3 is 2.65 bits per heavy atom. The Bertz CT molecular complexity index is 436. The number of aliphatic hydroxyl groups is 1. The van der Waals surface area contributed by atoms with Gasteiger partial charge in [0.2, 0.25) is 0 Å². The average molecular weight is 259 g/mol. The van der Waals surface area contributed by atoms with Gasteiger partial charge in [-0.1, -0.05) is 11.6 Å². The summed E-state index contributed by atoms with van der Waals surface area (Å²) in [6, 6.07) is 0.0213. The molecule has 0 aliphatic rings. The number of carbonyl (C=O) groups is 2. The Labute approximate surface area is 102 Å². The van der Waals surface area contributed by atoms with Crippen LogP contribution < -0.4 is 5.32 Å². The maximum absolute atomic E-state index is 11.7. The van der Waals surface area contributed by atoms with Gasteiger partial charge in [-0.05, 0) is 13.0 Å². The molecular weight excluding hydrogens is 248 g/mol. The third-order valence-corrected chi connectivity index (χ3v) is 2.38. The van der Waals surface area contributed by atoms with Crippen molar-refractivity contribution in [1.82, 2.24) is 10.3 Å². The zero-order valence-electron chi connectivity index (χ0n) is 8.92. The van der Waals surface area contributed by atoms with E-state index >= 15 is 0 Å². The van der Waals surface area contributed by atoms with E-state index in [0.29, 0.717) is 0 Å². The highest BCUT2D eigenvalue weighted by Crippen LogP contribution is 2.13. The molecule has 7 heteroatoms. The fourth-order valence-corrected chi connectivity index (χ4v) is 1.34. The van der Waals surface area contributed by atoms with Crippen molar-refractivity contribution in [1.29, 1.82) is 0 Å². The van der Waals surface area contributed by atoms with Crippen molar-refractivity contribution in [3.05, 3.63) is 29.0 Å². The summed E-state index contributed by atoms with van der Waals surface area (Å²) in [7, 11) is 0. The molecule has 17 heavy (non-hydrogen) atoms. The number of halogens is 1. The highest BCUT2D eigenvalue weighted by molar-refractivity contribution is 6.33. The molecule has 1 aromatic rings. The number of amides is 1. The molecule has 1 heterocycles. The molecule has 6 nitrogen and oxygen atoms in total. The lowest BCUT2D eigenvalue weighted by atomic mass is 10.1. The summed E-state index contributed by atoms with van der Waals surface area (Å²) < 4.78 is 0. The van der Waals surface area contributed by atoms with Gasteiger partial charge < -0.3 is 15.5 Å². The van der Waals surface area contributed by atoms with Crippen molar-refractivity contribution < 1.29 is 19.8 Å². The number of carboxylic acid groups (broad SMARTS) is 1. The number of rotatable bonds is 4. The van der Waals surface area contributed by atoms with Gasteiger partial charge in [0.1, 0.15) is 0 Å². The lowest BCUT2D eigenvalue weighted by Gasteiger charge is -2.17. The summed E-state index contributed by atoms with van der Waals surface area (Å²) >= 11 is 5.75. The van der Waals surface area contributed by atoms with E-state index in [0.717, 1.165) is 0 Å². The van der Waals surface area contributed by atoms with Gasteiger partial charge in [0, 0.05) is 12.4 Å². The molecule has 3 N–H and O–H groups in total. The molecule has 0 fully saturated rings. The molecule has 0 aliphatic carbocycles. The van der Waals surface area contributed by atoms with E-state index in [4.69, 9.17) is 16.7 Å². The molecule has 0 aliphatic heterocycles. The smallest absolute Gasteiger partial charge is 0.328 e. The summed E-state index contributed by atoms with van der Waals surface area (Å²) in [6.45, 7) is 1.27. The second-order valence-corrected chi connectivity index (χ2v) is 3.79. The van der Waals surface area contributed by atoms with Gasteiger partial charge >= 0.3 is 5.97 Å². The Morgan fingerprint density at radius 2 is 2.18 bits per heavy atom. The fourth-order valence-electron chi connectivity index (χ4n) is 1.15. The molecule has 0 bridgehead atoms. The van der Waals surface area contributed by atoms with E-state index in [1.807, 2.05) is 0 Å². The van der Waals surface area contributed by atoms with Gasteiger partial charge in [0.15, 0.2) is 6.04 Å². The minimum absolute atomic E-state index is 0.0565. The van der Waals surface area contributed by atoms with Crippen LogP contribution in [0.4, 0.5) is 0 Å². The summed E-state index contributed by atoms with van der Waals surface area (Å²) in [5.74, 6) is -2.02. The van der Waals surface area contributed by atoms with Crippen molar-refractivity contribution in [3.8, 4) is 0 Å². The van der Waals surface area contributed by atoms with E-state index in [1.54, 1.807) is 0 Å². The number of nitrogens with one attached hydrogen (secondary N) is 1. The van der Waals surface area contributed by atoms with Gasteiger partial charge in [-0.25, -0.2) is 4.79 Å². The first-order chi connectivity index (χ1) is 7.93. The Morgan fingerprint density at radius 1 is 1.53 bits per heavy atom. The summed E-state index contributed by atoms with van der Waals surface area (Å²) in [4.78, 5) is 26.2. The number of carbonyl (C=O) groups excluding carboxylic acids is 1. The van der Waals surface area contributed by atoms with E-state index in [1.165, 1.54) is 25.4 Å². The second-order valence-electron chi connectivity index (χ2n) is 3.39. The molecule has 2 atom stereocenters. The molecule has 0 unspecified atom stereocenters. The molecule has 1 rings (SSSR count). The van der Waals surface area contributed by atoms with Crippen LogP contribution in [0.5, 0.6) is 0 Å². The maximum Gasteiger partial charge on any atom is 0.328 e. The van der Waals surface area contributed by atoms with Crippen LogP contribution in [0.15, 0.2) is 18.5 Å². The number of pyridine rings is 1. The lowest BCUT2D eigenvalue weighted by Crippen LogP contribution is -2.47. The highest BCUT2D eigenvalue weighted by Gasteiger charge is 2.26. The zero-order valence-corrected chi connectivity index (χ0v) is 9.68.